The average Bonchev–Trinajstić information content (AvgIpc) is 2.47. The molecule has 1 aromatic rings. The van der Waals surface area contributed by atoms with Crippen LogP contribution in [0.15, 0.2) is 35.9 Å². The third-order valence-electron chi connectivity index (χ3n) is 3.34. The summed E-state index contributed by atoms with van der Waals surface area (Å²) in [6.45, 7) is 5.08. The van der Waals surface area contributed by atoms with E-state index < -0.39 is 0 Å². The minimum atomic E-state index is -0.227. The third-order valence-corrected chi connectivity index (χ3v) is 3.34. The maximum atomic E-state index is 11.5. The van der Waals surface area contributed by atoms with E-state index in [4.69, 9.17) is 9.47 Å². The summed E-state index contributed by atoms with van der Waals surface area (Å²) < 4.78 is 10.5. The van der Waals surface area contributed by atoms with Crippen molar-refractivity contribution in [3.63, 3.8) is 0 Å². The van der Waals surface area contributed by atoms with Crippen molar-refractivity contribution in [3.05, 3.63) is 41.5 Å². The maximum absolute atomic E-state index is 11.5. The number of aryl methyl sites for hydroxylation is 1. The Kier molecular flexibility index (Phi) is 5.18. The lowest BCUT2D eigenvalue weighted by Gasteiger charge is -2.26. The quantitative estimate of drug-likeness (QED) is 0.772. The summed E-state index contributed by atoms with van der Waals surface area (Å²) in [4.78, 5) is 13.7. The van der Waals surface area contributed by atoms with Crippen LogP contribution in [-0.4, -0.2) is 44.2 Å². The lowest BCUT2D eigenvalue weighted by atomic mass is 10.1. The normalized spacial score (nSPS) is 15.6. The average molecular weight is 275 g/mol. The molecule has 4 heteroatoms. The summed E-state index contributed by atoms with van der Waals surface area (Å²) in [6.07, 6.45) is 2.85. The number of carbonyl (C=O) groups excluding carboxylic acids is 1. The molecule has 0 spiro atoms. The zero-order valence-corrected chi connectivity index (χ0v) is 12.1. The highest BCUT2D eigenvalue weighted by Crippen LogP contribution is 2.13. The van der Waals surface area contributed by atoms with Gasteiger partial charge in [0.05, 0.1) is 7.11 Å². The number of rotatable bonds is 5. The molecule has 20 heavy (non-hydrogen) atoms. The summed E-state index contributed by atoms with van der Waals surface area (Å²) >= 11 is 0. The van der Waals surface area contributed by atoms with Crippen molar-refractivity contribution >= 4 is 5.97 Å². The van der Waals surface area contributed by atoms with E-state index >= 15 is 0 Å². The van der Waals surface area contributed by atoms with Gasteiger partial charge in [-0.15, -0.1) is 0 Å². The molecule has 1 aliphatic rings. The molecule has 0 bridgehead atoms. The lowest BCUT2D eigenvalue weighted by Crippen LogP contribution is -2.35. The predicted octanol–water partition coefficient (Wildman–Crippen LogP) is 2.18. The van der Waals surface area contributed by atoms with Crippen LogP contribution in [0.1, 0.15) is 12.0 Å². The first-order chi connectivity index (χ1) is 9.69. The molecule has 1 aliphatic heterocycles. The van der Waals surface area contributed by atoms with Gasteiger partial charge in [-0.2, -0.15) is 0 Å². The number of hydrogen-bond donors (Lipinski definition) is 0. The molecule has 0 aromatic heterocycles. The van der Waals surface area contributed by atoms with Crippen molar-refractivity contribution in [2.75, 3.05) is 33.4 Å². The largest absolute Gasteiger partial charge is 0.492 e. The standard InChI is InChI=1S/C16H21NO3/c1-13-5-3-7-15(11-13)20-10-9-17-8-4-6-14(12-17)16(18)19-2/h3,5-7,11H,4,8-10,12H2,1-2H3. The van der Waals surface area contributed by atoms with E-state index in [2.05, 4.69) is 4.90 Å². The second-order valence-corrected chi connectivity index (χ2v) is 4.95. The number of carbonyl (C=O) groups is 1. The van der Waals surface area contributed by atoms with Crippen LogP contribution in [-0.2, 0) is 9.53 Å². The molecule has 0 fully saturated rings. The van der Waals surface area contributed by atoms with Crippen molar-refractivity contribution in [3.8, 4) is 5.75 Å². The van der Waals surface area contributed by atoms with Gasteiger partial charge in [0, 0.05) is 25.2 Å². The minimum Gasteiger partial charge on any atom is -0.492 e. The molecule has 0 aliphatic carbocycles. The Morgan fingerprint density at radius 3 is 3.00 bits per heavy atom. The maximum Gasteiger partial charge on any atom is 0.334 e. The first kappa shape index (κ1) is 14.6. The summed E-state index contributed by atoms with van der Waals surface area (Å²) in [7, 11) is 1.42. The minimum absolute atomic E-state index is 0.227. The second kappa shape index (κ2) is 7.10. The fourth-order valence-corrected chi connectivity index (χ4v) is 2.27. The van der Waals surface area contributed by atoms with Gasteiger partial charge in [-0.25, -0.2) is 4.79 Å². The first-order valence-electron chi connectivity index (χ1n) is 6.88. The predicted molar refractivity (Wildman–Crippen MR) is 77.8 cm³/mol. The second-order valence-electron chi connectivity index (χ2n) is 4.95. The molecule has 0 N–H and O–H groups in total. The zero-order valence-electron chi connectivity index (χ0n) is 12.1. The van der Waals surface area contributed by atoms with Crippen LogP contribution < -0.4 is 4.74 Å². The topological polar surface area (TPSA) is 38.8 Å². The molecule has 108 valence electrons. The Morgan fingerprint density at radius 2 is 2.25 bits per heavy atom. The van der Waals surface area contributed by atoms with Crippen molar-refractivity contribution in [2.45, 2.75) is 13.3 Å². The fourth-order valence-electron chi connectivity index (χ4n) is 2.27. The number of hydrogen-bond acceptors (Lipinski definition) is 4. The van der Waals surface area contributed by atoms with Crippen LogP contribution in [0.25, 0.3) is 0 Å². The molecule has 2 rings (SSSR count). The van der Waals surface area contributed by atoms with Crippen molar-refractivity contribution in [1.82, 2.24) is 4.90 Å². The Morgan fingerprint density at radius 1 is 1.40 bits per heavy atom. The van der Waals surface area contributed by atoms with E-state index in [9.17, 15) is 4.79 Å². The third kappa shape index (κ3) is 4.10. The molecule has 0 saturated carbocycles. The van der Waals surface area contributed by atoms with Crippen LogP contribution in [0.4, 0.5) is 0 Å². The van der Waals surface area contributed by atoms with Crippen molar-refractivity contribution in [1.29, 1.82) is 0 Å². The summed E-state index contributed by atoms with van der Waals surface area (Å²) in [6, 6.07) is 8.02. The molecule has 0 atom stereocenters. The number of benzene rings is 1. The van der Waals surface area contributed by atoms with Gasteiger partial charge in [-0.3, -0.25) is 4.90 Å². The summed E-state index contributed by atoms with van der Waals surface area (Å²) in [5.41, 5.74) is 1.94. The Labute approximate surface area is 120 Å². The highest BCUT2D eigenvalue weighted by Gasteiger charge is 2.18. The molecular formula is C16H21NO3. The van der Waals surface area contributed by atoms with Gasteiger partial charge >= 0.3 is 5.97 Å². The van der Waals surface area contributed by atoms with Gasteiger partial charge in [-0.1, -0.05) is 18.2 Å². The Balaban J connectivity index is 1.78. The molecule has 4 nitrogen and oxygen atoms in total. The van der Waals surface area contributed by atoms with E-state index in [1.165, 1.54) is 12.7 Å². The molecule has 0 saturated heterocycles. The summed E-state index contributed by atoms with van der Waals surface area (Å²) in [5.74, 6) is 0.667. The number of ether oxygens (including phenoxy) is 2. The molecular weight excluding hydrogens is 254 g/mol. The molecule has 1 aromatic carbocycles. The number of nitrogens with zero attached hydrogens (tertiary/aromatic N) is 1. The van der Waals surface area contributed by atoms with E-state index in [-0.39, 0.29) is 5.97 Å². The molecule has 0 unspecified atom stereocenters. The van der Waals surface area contributed by atoms with Gasteiger partial charge < -0.3 is 9.47 Å². The lowest BCUT2D eigenvalue weighted by molar-refractivity contribution is -0.136. The Hall–Kier alpha value is -1.81. The van der Waals surface area contributed by atoms with E-state index in [1.807, 2.05) is 37.3 Å². The van der Waals surface area contributed by atoms with E-state index in [0.717, 1.165) is 30.8 Å². The number of esters is 1. The first-order valence-corrected chi connectivity index (χ1v) is 6.88. The van der Waals surface area contributed by atoms with Gasteiger partial charge in [0.15, 0.2) is 0 Å². The smallest absolute Gasteiger partial charge is 0.334 e. The Bertz CT molecular complexity index is 496. The highest BCUT2D eigenvalue weighted by atomic mass is 16.5. The van der Waals surface area contributed by atoms with Gasteiger partial charge in [0.2, 0.25) is 0 Å². The van der Waals surface area contributed by atoms with E-state index in [0.29, 0.717) is 13.2 Å². The van der Waals surface area contributed by atoms with Crippen LogP contribution in [0, 0.1) is 6.92 Å². The van der Waals surface area contributed by atoms with Crippen LogP contribution >= 0.6 is 0 Å². The van der Waals surface area contributed by atoms with Crippen LogP contribution in [0.5, 0.6) is 5.75 Å². The van der Waals surface area contributed by atoms with Gasteiger partial charge in [0.1, 0.15) is 12.4 Å². The van der Waals surface area contributed by atoms with Crippen molar-refractivity contribution < 1.29 is 14.3 Å². The fraction of sp³-hybridized carbons (Fsp3) is 0.438. The highest BCUT2D eigenvalue weighted by molar-refractivity contribution is 5.88. The number of methoxy groups -OCH3 is 1. The SMILES string of the molecule is COC(=O)C1=CCCN(CCOc2cccc(C)c2)C1. The molecule has 0 radical (unpaired) electrons. The monoisotopic (exact) mass is 275 g/mol. The van der Waals surface area contributed by atoms with Crippen LogP contribution in [0.3, 0.4) is 0 Å². The van der Waals surface area contributed by atoms with Gasteiger partial charge in [0.25, 0.3) is 0 Å². The molecule has 0 amide bonds. The summed E-state index contributed by atoms with van der Waals surface area (Å²) in [5, 5.41) is 0. The van der Waals surface area contributed by atoms with Crippen molar-refractivity contribution in [2.24, 2.45) is 0 Å². The zero-order chi connectivity index (χ0) is 14.4. The van der Waals surface area contributed by atoms with Gasteiger partial charge in [-0.05, 0) is 31.0 Å². The van der Waals surface area contributed by atoms with E-state index in [1.54, 1.807) is 0 Å². The molecule has 1 heterocycles. The van der Waals surface area contributed by atoms with Crippen LogP contribution in [0.2, 0.25) is 0 Å².